The average molecular weight is 550 g/mol. The van der Waals surface area contributed by atoms with Gasteiger partial charge in [0.05, 0.1) is 17.4 Å². The van der Waals surface area contributed by atoms with Crippen LogP contribution in [0.15, 0.2) is 67.0 Å². The molecule has 1 aliphatic rings. The van der Waals surface area contributed by atoms with Gasteiger partial charge in [0.1, 0.15) is 23.0 Å². The molecule has 1 aliphatic heterocycles. The Kier molecular flexibility index (Phi) is 7.47. The number of hydrogen-bond acceptors (Lipinski definition) is 6. The number of hydrogen-bond donors (Lipinski definition) is 4. The number of halogens is 2. The number of imidazole rings is 1. The van der Waals surface area contributed by atoms with Gasteiger partial charge in [0, 0.05) is 28.8 Å². The number of aromatic nitrogens is 6. The zero-order chi connectivity index (χ0) is 26.5. The monoisotopic (exact) mass is 549 g/mol. The third kappa shape index (κ3) is 5.74. The number of rotatable bonds is 4. The van der Waals surface area contributed by atoms with Crippen LogP contribution in [0.2, 0.25) is 10.2 Å². The van der Waals surface area contributed by atoms with Crippen molar-refractivity contribution in [3.63, 3.8) is 0 Å². The maximum Gasteiger partial charge on any atom is 0.319 e. The van der Waals surface area contributed by atoms with Crippen molar-refractivity contribution in [2.75, 3.05) is 11.9 Å². The first-order valence-electron chi connectivity index (χ1n) is 11.5. The van der Waals surface area contributed by atoms with Crippen LogP contribution in [0, 0.1) is 0 Å². The quantitative estimate of drug-likeness (QED) is 0.220. The molecule has 0 fully saturated rings. The normalized spacial score (nSPS) is 15.5. The zero-order valence-corrected chi connectivity index (χ0v) is 21.2. The van der Waals surface area contributed by atoms with Crippen LogP contribution in [-0.2, 0) is 4.79 Å². The van der Waals surface area contributed by atoms with Crippen molar-refractivity contribution in [3.8, 4) is 16.9 Å². The van der Waals surface area contributed by atoms with Crippen LogP contribution < -0.4 is 16.0 Å². The SMILES string of the molecule is O=C(/C=C/c1cc(Cl)ccc1-n1cnnn1)N[C@H]1CC=CCNC(=O)Nc2ccccc2-c2nc1[nH]c2Cl. The molecule has 0 radical (unpaired) electrons. The number of H-pyrrole nitrogens is 1. The third-order valence-electron chi connectivity index (χ3n) is 5.67. The highest BCUT2D eigenvalue weighted by atomic mass is 35.5. The average Bonchev–Trinajstić information content (AvgIpc) is 3.57. The van der Waals surface area contributed by atoms with E-state index in [0.717, 1.165) is 0 Å². The molecule has 0 saturated heterocycles. The third-order valence-corrected chi connectivity index (χ3v) is 6.18. The Morgan fingerprint density at radius 1 is 1.16 bits per heavy atom. The number of nitrogens with one attached hydrogen (secondary N) is 4. The highest BCUT2D eigenvalue weighted by molar-refractivity contribution is 6.32. The van der Waals surface area contributed by atoms with E-state index in [1.54, 1.807) is 42.5 Å². The number of carbonyl (C=O) groups is 2. The summed E-state index contributed by atoms with van der Waals surface area (Å²) < 4.78 is 1.48. The number of amides is 3. The van der Waals surface area contributed by atoms with Gasteiger partial charge in [-0.25, -0.2) is 9.78 Å². The van der Waals surface area contributed by atoms with E-state index in [0.29, 0.717) is 52.0 Å². The zero-order valence-electron chi connectivity index (χ0n) is 19.7. The molecule has 3 heterocycles. The second-order valence-corrected chi connectivity index (χ2v) is 9.04. The number of carbonyl (C=O) groups excluding carboxylic acids is 2. The van der Waals surface area contributed by atoms with Gasteiger partial charge in [-0.05, 0) is 47.2 Å². The second-order valence-electron chi connectivity index (χ2n) is 8.22. The van der Waals surface area contributed by atoms with Crippen LogP contribution in [0.3, 0.4) is 0 Å². The first-order chi connectivity index (χ1) is 18.5. The Labute approximate surface area is 226 Å². The fourth-order valence-corrected chi connectivity index (χ4v) is 4.33. The van der Waals surface area contributed by atoms with Gasteiger partial charge in [0.2, 0.25) is 5.91 Å². The topological polar surface area (TPSA) is 143 Å². The molecule has 11 nitrogen and oxygen atoms in total. The van der Waals surface area contributed by atoms with E-state index >= 15 is 0 Å². The van der Waals surface area contributed by atoms with Gasteiger partial charge < -0.3 is 20.9 Å². The summed E-state index contributed by atoms with van der Waals surface area (Å²) in [6, 6.07) is 11.5. The molecule has 0 unspecified atom stereocenters. The molecule has 2 bridgehead atoms. The first-order valence-corrected chi connectivity index (χ1v) is 12.3. The summed E-state index contributed by atoms with van der Waals surface area (Å²) in [5.74, 6) is 0.113. The number of benzene rings is 2. The number of tetrazole rings is 1. The Morgan fingerprint density at radius 2 is 2.03 bits per heavy atom. The lowest BCUT2D eigenvalue weighted by atomic mass is 10.1. The van der Waals surface area contributed by atoms with Crippen molar-refractivity contribution < 1.29 is 9.59 Å². The second kappa shape index (κ2) is 11.3. The Hall–Kier alpha value is -4.48. The molecule has 192 valence electrons. The molecule has 0 aliphatic carbocycles. The molecule has 38 heavy (non-hydrogen) atoms. The molecule has 4 aromatic rings. The van der Waals surface area contributed by atoms with E-state index in [-0.39, 0.29) is 17.1 Å². The van der Waals surface area contributed by atoms with E-state index in [9.17, 15) is 9.59 Å². The number of nitrogens with zero attached hydrogens (tertiary/aromatic N) is 5. The molecule has 0 saturated carbocycles. The van der Waals surface area contributed by atoms with Gasteiger partial charge >= 0.3 is 6.03 Å². The van der Waals surface area contributed by atoms with Gasteiger partial charge in [-0.2, -0.15) is 4.68 Å². The van der Waals surface area contributed by atoms with Gasteiger partial charge in [-0.3, -0.25) is 4.79 Å². The predicted molar refractivity (Wildman–Crippen MR) is 144 cm³/mol. The van der Waals surface area contributed by atoms with E-state index in [4.69, 9.17) is 23.2 Å². The maximum atomic E-state index is 13.0. The number of urea groups is 1. The van der Waals surface area contributed by atoms with Crippen LogP contribution in [0.1, 0.15) is 23.9 Å². The highest BCUT2D eigenvalue weighted by Crippen LogP contribution is 2.33. The molecule has 4 N–H and O–H groups in total. The lowest BCUT2D eigenvalue weighted by Gasteiger charge is -2.14. The van der Waals surface area contributed by atoms with Gasteiger partial charge in [-0.1, -0.05) is 53.6 Å². The van der Waals surface area contributed by atoms with Crippen molar-refractivity contribution >= 4 is 46.9 Å². The first kappa shape index (κ1) is 25.2. The molecule has 2 aromatic carbocycles. The van der Waals surface area contributed by atoms with Crippen LogP contribution in [0.25, 0.3) is 23.0 Å². The smallest absolute Gasteiger partial charge is 0.319 e. The van der Waals surface area contributed by atoms with Gasteiger partial charge in [0.25, 0.3) is 0 Å². The molecular formula is C25H21Cl2N9O2. The summed E-state index contributed by atoms with van der Waals surface area (Å²) >= 11 is 12.7. The van der Waals surface area contributed by atoms with Gasteiger partial charge in [-0.15, -0.1) is 5.10 Å². The van der Waals surface area contributed by atoms with Crippen molar-refractivity contribution in [1.82, 2.24) is 40.8 Å². The summed E-state index contributed by atoms with van der Waals surface area (Å²) in [5, 5.41) is 20.6. The largest absolute Gasteiger partial charge is 0.342 e. The molecule has 2 aromatic heterocycles. The molecule has 0 spiro atoms. The highest BCUT2D eigenvalue weighted by Gasteiger charge is 2.21. The lowest BCUT2D eigenvalue weighted by Crippen LogP contribution is -2.29. The van der Waals surface area contributed by atoms with Crippen LogP contribution in [0.5, 0.6) is 0 Å². The van der Waals surface area contributed by atoms with Crippen molar-refractivity contribution in [2.45, 2.75) is 12.5 Å². The molecule has 3 amide bonds. The van der Waals surface area contributed by atoms with E-state index in [1.807, 2.05) is 18.2 Å². The standard InChI is InChI=1S/C25H21Cl2N9O2/c26-16-9-10-20(36-14-29-34-35-36)15(13-16)8-11-21(37)30-19-7-3-4-12-28-25(38)31-18-6-2-1-5-17(18)22-23(27)33-24(19)32-22/h1-6,8-11,13-14,19H,7,12H2,(H,30,37)(H,32,33)(H2,28,31,38)/b4-3?,11-8+/t19-/m0/s1. The number of aromatic amines is 1. The number of fused-ring (bicyclic) bond motifs is 4. The minimum atomic E-state index is -0.524. The summed E-state index contributed by atoms with van der Waals surface area (Å²) in [6.45, 7) is 0.312. The van der Waals surface area contributed by atoms with E-state index < -0.39 is 6.04 Å². The predicted octanol–water partition coefficient (Wildman–Crippen LogP) is 4.31. The number of para-hydroxylation sites is 1. The fourth-order valence-electron chi connectivity index (χ4n) is 3.91. The van der Waals surface area contributed by atoms with E-state index in [2.05, 4.69) is 41.4 Å². The summed E-state index contributed by atoms with van der Waals surface area (Å²) in [5.41, 5.74) is 2.96. The van der Waals surface area contributed by atoms with Crippen molar-refractivity contribution in [3.05, 3.63) is 88.6 Å². The lowest BCUT2D eigenvalue weighted by molar-refractivity contribution is -0.117. The molecule has 1 atom stereocenters. The van der Waals surface area contributed by atoms with E-state index in [1.165, 1.54) is 17.1 Å². The summed E-state index contributed by atoms with van der Waals surface area (Å²) in [6.07, 6.45) is 8.53. The Bertz CT molecular complexity index is 1530. The maximum absolute atomic E-state index is 13.0. The Balaban J connectivity index is 1.42. The number of anilines is 1. The molecule has 13 heteroatoms. The minimum Gasteiger partial charge on any atom is -0.342 e. The van der Waals surface area contributed by atoms with Crippen LogP contribution in [-0.4, -0.2) is 48.7 Å². The van der Waals surface area contributed by atoms with Gasteiger partial charge in [0.15, 0.2) is 0 Å². The molecule has 5 rings (SSSR count). The summed E-state index contributed by atoms with van der Waals surface area (Å²) in [4.78, 5) is 33.1. The molecular weight excluding hydrogens is 529 g/mol. The van der Waals surface area contributed by atoms with Crippen molar-refractivity contribution in [2.24, 2.45) is 0 Å². The van der Waals surface area contributed by atoms with Crippen LogP contribution >= 0.6 is 23.2 Å². The summed E-state index contributed by atoms with van der Waals surface area (Å²) in [7, 11) is 0. The van der Waals surface area contributed by atoms with Crippen molar-refractivity contribution in [1.29, 1.82) is 0 Å². The minimum absolute atomic E-state index is 0.287. The van der Waals surface area contributed by atoms with Crippen LogP contribution in [0.4, 0.5) is 10.5 Å². The Morgan fingerprint density at radius 3 is 2.87 bits per heavy atom. The fraction of sp³-hybridized carbons (Fsp3) is 0.120.